The molecular weight excluding hydrogens is 322 g/mol. The Bertz CT molecular complexity index is 673. The number of carbonyl (C=O) groups is 1. The van der Waals surface area contributed by atoms with Crippen LogP contribution in [-0.2, 0) is 0 Å². The van der Waals surface area contributed by atoms with Gasteiger partial charge in [-0.25, -0.2) is 4.79 Å². The van der Waals surface area contributed by atoms with Gasteiger partial charge in [0.1, 0.15) is 5.75 Å². The minimum atomic E-state index is -0.139. The molecule has 1 aliphatic heterocycles. The van der Waals surface area contributed by atoms with Crippen molar-refractivity contribution >= 4 is 17.4 Å². The fraction of sp³-hybridized carbons (Fsp3) is 0.389. The molecule has 0 spiro atoms. The van der Waals surface area contributed by atoms with Crippen molar-refractivity contribution in [3.63, 3.8) is 0 Å². The van der Waals surface area contributed by atoms with E-state index in [0.717, 1.165) is 17.7 Å². The van der Waals surface area contributed by atoms with E-state index in [2.05, 4.69) is 27.0 Å². The molecule has 0 fully saturated rings. The maximum absolute atomic E-state index is 12.3. The first-order chi connectivity index (χ1) is 11.6. The molecule has 128 valence electrons. The van der Waals surface area contributed by atoms with Gasteiger partial charge in [0.15, 0.2) is 0 Å². The fourth-order valence-electron chi connectivity index (χ4n) is 2.91. The first-order valence-electron chi connectivity index (χ1n) is 8.11. The number of carbonyl (C=O) groups excluding carboxylic acids is 1. The first-order valence-corrected chi connectivity index (χ1v) is 8.99. The van der Waals surface area contributed by atoms with Crippen LogP contribution in [0.1, 0.15) is 28.9 Å². The summed E-state index contributed by atoms with van der Waals surface area (Å²) in [5.41, 5.74) is 1.04. The quantitative estimate of drug-likeness (QED) is 0.875. The van der Waals surface area contributed by atoms with Gasteiger partial charge in [-0.2, -0.15) is 0 Å². The Hall–Kier alpha value is -2.05. The lowest BCUT2D eigenvalue weighted by Crippen LogP contribution is -2.42. The van der Waals surface area contributed by atoms with E-state index in [4.69, 9.17) is 4.74 Å². The van der Waals surface area contributed by atoms with Gasteiger partial charge in [0.25, 0.3) is 0 Å². The number of hydrogen-bond acceptors (Lipinski definition) is 4. The molecule has 0 bridgehead atoms. The number of urea groups is 1. The van der Waals surface area contributed by atoms with Crippen LogP contribution in [0.25, 0.3) is 0 Å². The van der Waals surface area contributed by atoms with Crippen LogP contribution in [0.15, 0.2) is 41.8 Å². The van der Waals surface area contributed by atoms with Gasteiger partial charge in [0.2, 0.25) is 0 Å². The number of likely N-dealkylation sites (N-methyl/N-ethyl adjacent to an activating group) is 1. The number of thiophene rings is 1. The van der Waals surface area contributed by atoms with Gasteiger partial charge >= 0.3 is 6.03 Å². The predicted molar refractivity (Wildman–Crippen MR) is 96.6 cm³/mol. The molecule has 0 aliphatic carbocycles. The van der Waals surface area contributed by atoms with E-state index >= 15 is 0 Å². The van der Waals surface area contributed by atoms with Gasteiger partial charge < -0.3 is 20.3 Å². The Morgan fingerprint density at radius 2 is 2.17 bits per heavy atom. The number of rotatable bonds is 5. The second-order valence-electron chi connectivity index (χ2n) is 6.08. The summed E-state index contributed by atoms with van der Waals surface area (Å²) in [6.07, 6.45) is 0.784. The molecule has 2 heterocycles. The average Bonchev–Trinajstić information content (AvgIpc) is 3.09. The largest absolute Gasteiger partial charge is 0.493 e. The molecule has 6 heteroatoms. The van der Waals surface area contributed by atoms with E-state index in [1.807, 2.05) is 44.4 Å². The number of fused-ring (bicyclic) bond motifs is 1. The van der Waals surface area contributed by atoms with Gasteiger partial charge in [-0.15, -0.1) is 11.3 Å². The molecule has 1 aliphatic rings. The van der Waals surface area contributed by atoms with Crippen LogP contribution >= 0.6 is 11.3 Å². The third-order valence-corrected chi connectivity index (χ3v) is 5.19. The molecular formula is C18H23N3O2S. The van der Waals surface area contributed by atoms with Crippen LogP contribution < -0.4 is 15.4 Å². The second-order valence-corrected chi connectivity index (χ2v) is 7.06. The molecule has 0 saturated carbocycles. The van der Waals surface area contributed by atoms with E-state index in [0.29, 0.717) is 13.2 Å². The van der Waals surface area contributed by atoms with Crippen molar-refractivity contribution in [2.75, 3.05) is 27.2 Å². The maximum atomic E-state index is 12.3. The first kappa shape index (κ1) is 16.8. The van der Waals surface area contributed by atoms with Crippen LogP contribution in [-0.4, -0.2) is 38.2 Å². The lowest BCUT2D eigenvalue weighted by molar-refractivity contribution is 0.218. The molecule has 5 nitrogen and oxygen atoms in total. The van der Waals surface area contributed by atoms with Gasteiger partial charge in [0, 0.05) is 23.4 Å². The zero-order chi connectivity index (χ0) is 16.9. The number of amides is 2. The number of ether oxygens (including phenoxy) is 1. The smallest absolute Gasteiger partial charge is 0.315 e. The normalized spacial score (nSPS) is 17.7. The SMILES string of the molecule is CN(C)[C@@H](CNC(=O)N[C@H]1CCOc2ccccc21)c1cccs1. The van der Waals surface area contributed by atoms with Crippen molar-refractivity contribution in [2.24, 2.45) is 0 Å². The van der Waals surface area contributed by atoms with E-state index < -0.39 is 0 Å². The van der Waals surface area contributed by atoms with Crippen LogP contribution in [0, 0.1) is 0 Å². The summed E-state index contributed by atoms with van der Waals surface area (Å²) in [4.78, 5) is 15.7. The lowest BCUT2D eigenvalue weighted by atomic mass is 10.0. The van der Waals surface area contributed by atoms with Crippen molar-refractivity contribution in [1.82, 2.24) is 15.5 Å². The summed E-state index contributed by atoms with van der Waals surface area (Å²) in [5, 5.41) is 8.13. The number of para-hydroxylation sites is 1. The monoisotopic (exact) mass is 345 g/mol. The molecule has 0 saturated heterocycles. The Balaban J connectivity index is 1.58. The third-order valence-electron chi connectivity index (χ3n) is 4.21. The summed E-state index contributed by atoms with van der Waals surface area (Å²) in [6.45, 7) is 1.20. The Kier molecular flexibility index (Phi) is 5.37. The van der Waals surface area contributed by atoms with E-state index in [-0.39, 0.29) is 18.1 Å². The van der Waals surface area contributed by atoms with Gasteiger partial charge in [-0.1, -0.05) is 24.3 Å². The van der Waals surface area contributed by atoms with E-state index in [1.54, 1.807) is 11.3 Å². The van der Waals surface area contributed by atoms with Crippen LogP contribution in [0.3, 0.4) is 0 Å². The lowest BCUT2D eigenvalue weighted by Gasteiger charge is -2.28. The average molecular weight is 345 g/mol. The van der Waals surface area contributed by atoms with Crippen LogP contribution in [0.2, 0.25) is 0 Å². The summed E-state index contributed by atoms with van der Waals surface area (Å²) >= 11 is 1.71. The van der Waals surface area contributed by atoms with Crippen molar-refractivity contribution in [2.45, 2.75) is 18.5 Å². The summed E-state index contributed by atoms with van der Waals surface area (Å²) in [5.74, 6) is 0.860. The molecule has 1 aromatic heterocycles. The molecule has 0 radical (unpaired) electrons. The van der Waals surface area contributed by atoms with Crippen molar-refractivity contribution in [1.29, 1.82) is 0 Å². The molecule has 2 aromatic rings. The molecule has 3 rings (SSSR count). The number of benzene rings is 1. The number of hydrogen-bond donors (Lipinski definition) is 2. The highest BCUT2D eigenvalue weighted by atomic mass is 32.1. The summed E-state index contributed by atoms with van der Waals surface area (Å²) in [6, 6.07) is 12.0. The maximum Gasteiger partial charge on any atom is 0.315 e. The fourth-order valence-corrected chi connectivity index (χ4v) is 3.83. The topological polar surface area (TPSA) is 53.6 Å². The third kappa shape index (κ3) is 3.88. The van der Waals surface area contributed by atoms with Gasteiger partial charge in [-0.3, -0.25) is 0 Å². The minimum Gasteiger partial charge on any atom is -0.493 e. The van der Waals surface area contributed by atoms with E-state index in [1.165, 1.54) is 4.88 Å². The molecule has 2 N–H and O–H groups in total. The Morgan fingerprint density at radius 1 is 1.33 bits per heavy atom. The zero-order valence-corrected chi connectivity index (χ0v) is 14.8. The molecule has 24 heavy (non-hydrogen) atoms. The van der Waals surface area contributed by atoms with E-state index in [9.17, 15) is 4.79 Å². The summed E-state index contributed by atoms with van der Waals surface area (Å²) in [7, 11) is 4.05. The Morgan fingerprint density at radius 3 is 2.92 bits per heavy atom. The predicted octanol–water partition coefficient (Wildman–Crippen LogP) is 3.17. The molecule has 0 unspecified atom stereocenters. The molecule has 2 atom stereocenters. The molecule has 1 aromatic carbocycles. The standard InChI is InChI=1S/C18H23N3O2S/c1-21(2)15(17-8-5-11-24-17)12-19-18(22)20-14-9-10-23-16-7-4-3-6-13(14)16/h3-8,11,14-15H,9-10,12H2,1-2H3,(H2,19,20,22)/t14-,15-/m0/s1. The Labute approximate surface area is 146 Å². The number of nitrogens with zero attached hydrogens (tertiary/aromatic N) is 1. The highest BCUT2D eigenvalue weighted by Crippen LogP contribution is 2.31. The second kappa shape index (κ2) is 7.68. The minimum absolute atomic E-state index is 0.00510. The van der Waals surface area contributed by atoms with Crippen molar-refractivity contribution in [3.8, 4) is 5.75 Å². The molecule has 2 amide bonds. The van der Waals surface area contributed by atoms with Crippen molar-refractivity contribution < 1.29 is 9.53 Å². The zero-order valence-electron chi connectivity index (χ0n) is 14.0. The summed E-state index contributed by atoms with van der Waals surface area (Å²) < 4.78 is 5.64. The van der Waals surface area contributed by atoms with Gasteiger partial charge in [-0.05, 0) is 31.6 Å². The van der Waals surface area contributed by atoms with Gasteiger partial charge in [0.05, 0.1) is 18.7 Å². The number of nitrogens with one attached hydrogen (secondary N) is 2. The van der Waals surface area contributed by atoms with Crippen LogP contribution in [0.5, 0.6) is 5.75 Å². The van der Waals surface area contributed by atoms with Crippen molar-refractivity contribution in [3.05, 3.63) is 52.2 Å². The highest BCUT2D eigenvalue weighted by molar-refractivity contribution is 7.10. The van der Waals surface area contributed by atoms with Crippen LogP contribution in [0.4, 0.5) is 4.79 Å². The highest BCUT2D eigenvalue weighted by Gasteiger charge is 2.23.